The highest BCUT2D eigenvalue weighted by Gasteiger charge is 2.07. The van der Waals surface area contributed by atoms with E-state index in [2.05, 4.69) is 6.92 Å². The highest BCUT2D eigenvalue weighted by Crippen LogP contribution is 2.17. The van der Waals surface area contributed by atoms with Gasteiger partial charge in [0.05, 0.1) is 6.61 Å². The largest absolute Gasteiger partial charge is 0.479 e. The van der Waals surface area contributed by atoms with Crippen molar-refractivity contribution in [3.05, 3.63) is 0 Å². The Kier molecular flexibility index (Phi) is 7.96. The maximum Gasteiger partial charge on any atom is 0.222 e. The lowest BCUT2D eigenvalue weighted by atomic mass is 10.3. The van der Waals surface area contributed by atoms with Crippen molar-refractivity contribution in [1.29, 1.82) is 0 Å². The lowest BCUT2D eigenvalue weighted by Gasteiger charge is -2.09. The smallest absolute Gasteiger partial charge is 0.222 e. The van der Waals surface area contributed by atoms with Crippen molar-refractivity contribution in [2.75, 3.05) is 6.61 Å². The topological polar surface area (TPSA) is 29.5 Å². The predicted molar refractivity (Wildman–Crippen MR) is 57.3 cm³/mol. The minimum absolute atomic E-state index is 0.399. The Morgan fingerprint density at radius 2 is 2.25 bits per heavy atom. The first-order valence-electron chi connectivity index (χ1n) is 4.22. The molecule has 1 atom stereocenters. The number of ether oxygens (including phenoxy) is 1. The molecule has 0 aromatic carbocycles. The minimum atomic E-state index is -0.399. The van der Waals surface area contributed by atoms with Gasteiger partial charge in [-0.25, -0.2) is 0 Å². The maximum atomic E-state index is 9.37. The molecule has 0 aromatic heterocycles. The van der Waals surface area contributed by atoms with E-state index >= 15 is 0 Å². The average molecular weight is 208 g/mol. The second kappa shape index (κ2) is 7.83. The molecule has 1 unspecified atom stereocenters. The highest BCUT2D eigenvalue weighted by molar-refractivity contribution is 8.22. The summed E-state index contributed by atoms with van der Waals surface area (Å²) in [7, 11) is 0. The van der Waals surface area contributed by atoms with Crippen LogP contribution in [-0.4, -0.2) is 21.5 Å². The van der Waals surface area contributed by atoms with Crippen LogP contribution in [-0.2, 0) is 4.74 Å². The van der Waals surface area contributed by atoms with Gasteiger partial charge in [0, 0.05) is 0 Å². The highest BCUT2D eigenvalue weighted by atomic mass is 32.2. The van der Waals surface area contributed by atoms with Crippen LogP contribution in [0.4, 0.5) is 0 Å². The Morgan fingerprint density at radius 1 is 1.58 bits per heavy atom. The predicted octanol–water partition coefficient (Wildman–Crippen LogP) is 2.55. The molecule has 1 N–H and O–H groups in total. The Labute approximate surface area is 83.7 Å². The fraction of sp³-hybridized carbons (Fsp3) is 0.875. The van der Waals surface area contributed by atoms with E-state index in [0.717, 1.165) is 19.3 Å². The molecule has 0 saturated heterocycles. The molecule has 0 aliphatic carbocycles. The SMILES string of the molecule is CCCCC(O)SC(=S)OCC. The van der Waals surface area contributed by atoms with Crippen LogP contribution in [0.25, 0.3) is 0 Å². The van der Waals surface area contributed by atoms with Gasteiger partial charge in [-0.15, -0.1) is 0 Å². The summed E-state index contributed by atoms with van der Waals surface area (Å²) in [4.78, 5) is 0. The van der Waals surface area contributed by atoms with E-state index in [0.29, 0.717) is 11.0 Å². The van der Waals surface area contributed by atoms with Gasteiger partial charge in [-0.1, -0.05) is 19.8 Å². The van der Waals surface area contributed by atoms with Gasteiger partial charge in [0.2, 0.25) is 4.38 Å². The van der Waals surface area contributed by atoms with Crippen LogP contribution >= 0.6 is 24.0 Å². The van der Waals surface area contributed by atoms with Crippen molar-refractivity contribution in [2.24, 2.45) is 0 Å². The van der Waals surface area contributed by atoms with Gasteiger partial charge in [0.1, 0.15) is 5.44 Å². The first kappa shape index (κ1) is 12.2. The molecule has 0 rings (SSSR count). The lowest BCUT2D eigenvalue weighted by molar-refractivity contribution is 0.249. The van der Waals surface area contributed by atoms with Gasteiger partial charge < -0.3 is 9.84 Å². The Bertz CT molecular complexity index is 128. The fourth-order valence-corrected chi connectivity index (χ4v) is 1.84. The Balaban J connectivity index is 3.40. The number of hydrogen-bond donors (Lipinski definition) is 1. The number of aliphatic hydroxyl groups excluding tert-OH is 1. The zero-order chi connectivity index (χ0) is 9.40. The molecular formula is C8H16O2S2. The molecule has 0 fully saturated rings. The third-order valence-corrected chi connectivity index (χ3v) is 2.52. The molecule has 0 aliphatic rings. The standard InChI is InChI=1S/C8H16O2S2/c1-3-5-6-7(9)12-8(11)10-4-2/h7,9H,3-6H2,1-2H3. The van der Waals surface area contributed by atoms with Gasteiger partial charge in [0.15, 0.2) is 0 Å². The molecule has 0 bridgehead atoms. The number of hydrogen-bond acceptors (Lipinski definition) is 4. The van der Waals surface area contributed by atoms with E-state index < -0.39 is 5.44 Å². The first-order chi connectivity index (χ1) is 5.70. The average Bonchev–Trinajstić information content (AvgIpc) is 2.01. The third-order valence-electron chi connectivity index (χ3n) is 1.30. The van der Waals surface area contributed by atoms with E-state index in [1.165, 1.54) is 11.8 Å². The number of thioether (sulfide) groups is 1. The summed E-state index contributed by atoms with van der Waals surface area (Å²) in [6, 6.07) is 0. The van der Waals surface area contributed by atoms with Gasteiger partial charge in [-0.3, -0.25) is 0 Å². The van der Waals surface area contributed by atoms with E-state index in [4.69, 9.17) is 17.0 Å². The summed E-state index contributed by atoms with van der Waals surface area (Å²) in [6.07, 6.45) is 2.91. The molecule has 0 radical (unpaired) electrons. The van der Waals surface area contributed by atoms with Gasteiger partial charge in [-0.2, -0.15) is 0 Å². The van der Waals surface area contributed by atoms with Gasteiger partial charge in [-0.05, 0) is 37.3 Å². The summed E-state index contributed by atoms with van der Waals surface area (Å²) in [6.45, 7) is 4.55. The number of thiocarbonyl (C=S) groups is 1. The monoisotopic (exact) mass is 208 g/mol. The summed E-state index contributed by atoms with van der Waals surface area (Å²) < 4.78 is 5.47. The molecule has 4 heteroatoms. The Hall–Kier alpha value is 0.200. The lowest BCUT2D eigenvalue weighted by Crippen LogP contribution is -2.06. The second-order valence-electron chi connectivity index (χ2n) is 2.40. The van der Waals surface area contributed by atoms with Gasteiger partial charge in [0.25, 0.3) is 0 Å². The molecule has 12 heavy (non-hydrogen) atoms. The summed E-state index contributed by atoms with van der Waals surface area (Å²) >= 11 is 6.09. The number of rotatable bonds is 5. The van der Waals surface area contributed by atoms with Crippen molar-refractivity contribution < 1.29 is 9.84 Å². The molecule has 2 nitrogen and oxygen atoms in total. The number of aliphatic hydroxyl groups is 1. The van der Waals surface area contributed by atoms with E-state index in [9.17, 15) is 5.11 Å². The van der Waals surface area contributed by atoms with Crippen LogP contribution < -0.4 is 0 Å². The van der Waals surface area contributed by atoms with E-state index in [-0.39, 0.29) is 0 Å². The molecule has 0 heterocycles. The van der Waals surface area contributed by atoms with Crippen LogP contribution in [0.5, 0.6) is 0 Å². The van der Waals surface area contributed by atoms with Crippen LogP contribution in [0.2, 0.25) is 0 Å². The third kappa shape index (κ3) is 6.88. The van der Waals surface area contributed by atoms with Crippen LogP contribution in [0.3, 0.4) is 0 Å². The quantitative estimate of drug-likeness (QED) is 0.555. The van der Waals surface area contributed by atoms with E-state index in [1.54, 1.807) is 0 Å². The molecule has 0 spiro atoms. The van der Waals surface area contributed by atoms with Crippen LogP contribution in [0.15, 0.2) is 0 Å². The number of unbranched alkanes of at least 4 members (excludes halogenated alkanes) is 1. The van der Waals surface area contributed by atoms with Crippen molar-refractivity contribution in [3.63, 3.8) is 0 Å². The molecular weight excluding hydrogens is 192 g/mol. The first-order valence-corrected chi connectivity index (χ1v) is 5.51. The second-order valence-corrected chi connectivity index (χ2v) is 4.18. The van der Waals surface area contributed by atoms with Crippen LogP contribution in [0, 0.1) is 0 Å². The minimum Gasteiger partial charge on any atom is -0.479 e. The maximum absolute atomic E-state index is 9.37. The van der Waals surface area contributed by atoms with Gasteiger partial charge >= 0.3 is 0 Å². The molecule has 0 saturated carbocycles. The normalized spacial score (nSPS) is 12.6. The zero-order valence-electron chi connectivity index (χ0n) is 7.58. The summed E-state index contributed by atoms with van der Waals surface area (Å²) in [5.74, 6) is 0. The summed E-state index contributed by atoms with van der Waals surface area (Å²) in [5, 5.41) is 9.37. The van der Waals surface area contributed by atoms with Crippen molar-refractivity contribution >= 4 is 28.4 Å². The molecule has 0 aliphatic heterocycles. The summed E-state index contributed by atoms with van der Waals surface area (Å²) in [5.41, 5.74) is -0.399. The molecule has 0 amide bonds. The van der Waals surface area contributed by atoms with E-state index in [1.807, 2.05) is 6.92 Å². The van der Waals surface area contributed by atoms with Crippen LogP contribution in [0.1, 0.15) is 33.1 Å². The molecule has 0 aromatic rings. The Morgan fingerprint density at radius 3 is 2.75 bits per heavy atom. The fourth-order valence-electron chi connectivity index (χ4n) is 0.701. The molecule has 72 valence electrons. The zero-order valence-corrected chi connectivity index (χ0v) is 9.21. The van der Waals surface area contributed by atoms with Crippen molar-refractivity contribution in [2.45, 2.75) is 38.5 Å². The van der Waals surface area contributed by atoms with Crippen molar-refractivity contribution in [3.8, 4) is 0 Å². The van der Waals surface area contributed by atoms with Crippen molar-refractivity contribution in [1.82, 2.24) is 0 Å².